The minimum Gasteiger partial charge on any atom is -0.395 e. The van der Waals surface area contributed by atoms with Crippen LogP contribution in [0, 0.1) is 0 Å². The molecule has 1 fully saturated rings. The molecule has 0 atom stereocenters. The molecule has 0 aliphatic heterocycles. The van der Waals surface area contributed by atoms with E-state index >= 15 is 0 Å². The number of carbonyl (C=O) groups excluding carboxylic acids is 1. The van der Waals surface area contributed by atoms with Crippen LogP contribution in [0.2, 0.25) is 0 Å². The highest BCUT2D eigenvalue weighted by Gasteiger charge is 2.28. The molecule has 1 aliphatic rings. The Bertz CT molecular complexity index is 382. The van der Waals surface area contributed by atoms with E-state index in [9.17, 15) is 4.79 Å². The first-order valence-corrected chi connectivity index (χ1v) is 6.27. The fourth-order valence-corrected chi connectivity index (χ4v) is 2.06. The van der Waals surface area contributed by atoms with Crippen LogP contribution in [0.25, 0.3) is 0 Å². The van der Waals surface area contributed by atoms with E-state index in [1.807, 2.05) is 31.2 Å². The standard InChI is InChI=1S/C14H19NO2/c1-2-14(17)11-3-5-12(6-4-11)15(9-10-16)13-7-8-13/h3-6,13,16H,2,7-10H2,1H3. The topological polar surface area (TPSA) is 40.5 Å². The molecule has 0 saturated heterocycles. The van der Waals surface area contributed by atoms with Gasteiger partial charge in [-0.15, -0.1) is 0 Å². The summed E-state index contributed by atoms with van der Waals surface area (Å²) >= 11 is 0. The average molecular weight is 233 g/mol. The maximum absolute atomic E-state index is 11.5. The van der Waals surface area contributed by atoms with Gasteiger partial charge in [0.05, 0.1) is 6.61 Å². The zero-order valence-corrected chi connectivity index (χ0v) is 10.2. The van der Waals surface area contributed by atoms with Crippen LogP contribution in [0.1, 0.15) is 36.5 Å². The number of Topliss-reactive ketones (excluding diaryl/α,β-unsaturated/α-hetero) is 1. The Morgan fingerprint density at radius 2 is 2.00 bits per heavy atom. The van der Waals surface area contributed by atoms with Crippen molar-refractivity contribution in [3.05, 3.63) is 29.8 Å². The van der Waals surface area contributed by atoms with Gasteiger partial charge in [-0.3, -0.25) is 4.79 Å². The molecule has 0 bridgehead atoms. The SMILES string of the molecule is CCC(=O)c1ccc(N(CCO)C2CC2)cc1. The molecule has 92 valence electrons. The van der Waals surface area contributed by atoms with E-state index in [1.54, 1.807) is 0 Å². The van der Waals surface area contributed by atoms with Crippen LogP contribution in [0.3, 0.4) is 0 Å². The van der Waals surface area contributed by atoms with Gasteiger partial charge >= 0.3 is 0 Å². The summed E-state index contributed by atoms with van der Waals surface area (Å²) in [6, 6.07) is 8.31. The molecule has 1 N–H and O–H groups in total. The van der Waals surface area contributed by atoms with Crippen LogP contribution in [-0.2, 0) is 0 Å². The molecule has 1 aromatic carbocycles. The lowest BCUT2D eigenvalue weighted by atomic mass is 10.1. The quantitative estimate of drug-likeness (QED) is 0.766. The summed E-state index contributed by atoms with van der Waals surface area (Å²) in [5.41, 5.74) is 1.88. The normalized spacial score (nSPS) is 14.7. The van der Waals surface area contributed by atoms with Gasteiger partial charge in [0.2, 0.25) is 0 Å². The lowest BCUT2D eigenvalue weighted by molar-refractivity contribution is 0.0988. The number of aliphatic hydroxyl groups excluding tert-OH is 1. The summed E-state index contributed by atoms with van der Waals surface area (Å²) in [7, 11) is 0. The Labute approximate surface area is 102 Å². The number of hydrogen-bond donors (Lipinski definition) is 1. The molecular formula is C14H19NO2. The molecule has 0 spiro atoms. The second-order valence-corrected chi connectivity index (χ2v) is 4.47. The first-order chi connectivity index (χ1) is 8.26. The van der Waals surface area contributed by atoms with Gasteiger partial charge in [-0.05, 0) is 37.1 Å². The molecule has 1 saturated carbocycles. The highest BCUT2D eigenvalue weighted by molar-refractivity contribution is 5.96. The second kappa shape index (κ2) is 5.32. The van der Waals surface area contributed by atoms with Crippen LogP contribution in [0.4, 0.5) is 5.69 Å². The van der Waals surface area contributed by atoms with Crippen LogP contribution in [0.15, 0.2) is 24.3 Å². The largest absolute Gasteiger partial charge is 0.395 e. The number of aliphatic hydroxyl groups is 1. The Morgan fingerprint density at radius 3 is 2.47 bits per heavy atom. The van der Waals surface area contributed by atoms with Gasteiger partial charge in [-0.25, -0.2) is 0 Å². The molecule has 0 radical (unpaired) electrons. The second-order valence-electron chi connectivity index (χ2n) is 4.47. The summed E-state index contributed by atoms with van der Waals surface area (Å²) < 4.78 is 0. The zero-order chi connectivity index (χ0) is 12.3. The van der Waals surface area contributed by atoms with Crippen LogP contribution < -0.4 is 4.90 Å². The fourth-order valence-electron chi connectivity index (χ4n) is 2.06. The van der Waals surface area contributed by atoms with E-state index in [-0.39, 0.29) is 12.4 Å². The summed E-state index contributed by atoms with van der Waals surface area (Å²) in [5.74, 6) is 0.177. The molecule has 0 aromatic heterocycles. The third kappa shape index (κ3) is 2.86. The van der Waals surface area contributed by atoms with Crippen molar-refractivity contribution in [1.82, 2.24) is 0 Å². The van der Waals surface area contributed by atoms with E-state index < -0.39 is 0 Å². The van der Waals surface area contributed by atoms with E-state index in [0.717, 1.165) is 11.3 Å². The van der Waals surface area contributed by atoms with Crippen LogP contribution >= 0.6 is 0 Å². The van der Waals surface area contributed by atoms with E-state index in [4.69, 9.17) is 5.11 Å². The fraction of sp³-hybridized carbons (Fsp3) is 0.500. The molecule has 3 nitrogen and oxygen atoms in total. The van der Waals surface area contributed by atoms with Gasteiger partial charge in [0.1, 0.15) is 0 Å². The summed E-state index contributed by atoms with van der Waals surface area (Å²) in [5, 5.41) is 9.06. The van der Waals surface area contributed by atoms with Crippen molar-refractivity contribution < 1.29 is 9.90 Å². The number of ketones is 1. The van der Waals surface area contributed by atoms with Gasteiger partial charge in [-0.1, -0.05) is 6.92 Å². The number of hydrogen-bond acceptors (Lipinski definition) is 3. The van der Waals surface area contributed by atoms with E-state index in [2.05, 4.69) is 4.90 Å². The average Bonchev–Trinajstić information content (AvgIpc) is 3.19. The summed E-state index contributed by atoms with van der Waals surface area (Å²) in [6.07, 6.45) is 2.95. The molecule has 0 amide bonds. The molecule has 0 unspecified atom stereocenters. The van der Waals surface area contributed by atoms with Gasteiger partial charge in [0, 0.05) is 30.3 Å². The lowest BCUT2D eigenvalue weighted by Crippen LogP contribution is -2.28. The first-order valence-electron chi connectivity index (χ1n) is 6.27. The molecular weight excluding hydrogens is 214 g/mol. The smallest absolute Gasteiger partial charge is 0.162 e. The maximum atomic E-state index is 11.5. The van der Waals surface area contributed by atoms with Crippen molar-refractivity contribution in [3.8, 4) is 0 Å². The van der Waals surface area contributed by atoms with Gasteiger partial charge in [0.15, 0.2) is 5.78 Å². The minimum atomic E-state index is 0.173. The summed E-state index contributed by atoms with van der Waals surface area (Å²) in [6.45, 7) is 2.72. The van der Waals surface area contributed by atoms with Gasteiger partial charge in [-0.2, -0.15) is 0 Å². The van der Waals surface area contributed by atoms with E-state index in [0.29, 0.717) is 19.0 Å². The molecule has 1 aromatic rings. The first kappa shape index (κ1) is 12.1. The number of nitrogens with zero attached hydrogens (tertiary/aromatic N) is 1. The maximum Gasteiger partial charge on any atom is 0.162 e. The van der Waals surface area contributed by atoms with Gasteiger partial charge < -0.3 is 10.0 Å². The Morgan fingerprint density at radius 1 is 1.35 bits per heavy atom. The molecule has 1 aliphatic carbocycles. The van der Waals surface area contributed by atoms with Crippen molar-refractivity contribution >= 4 is 11.5 Å². The number of rotatable bonds is 6. The van der Waals surface area contributed by atoms with Crippen LogP contribution in [-0.4, -0.2) is 30.1 Å². The Balaban J connectivity index is 2.12. The monoisotopic (exact) mass is 233 g/mol. The summed E-state index contributed by atoms with van der Waals surface area (Å²) in [4.78, 5) is 13.7. The Kier molecular flexibility index (Phi) is 3.79. The predicted molar refractivity (Wildman–Crippen MR) is 68.5 cm³/mol. The third-order valence-corrected chi connectivity index (χ3v) is 3.17. The highest BCUT2D eigenvalue weighted by atomic mass is 16.3. The third-order valence-electron chi connectivity index (χ3n) is 3.17. The zero-order valence-electron chi connectivity index (χ0n) is 10.2. The highest BCUT2D eigenvalue weighted by Crippen LogP contribution is 2.31. The lowest BCUT2D eigenvalue weighted by Gasteiger charge is -2.23. The predicted octanol–water partition coefficient (Wildman–Crippen LogP) is 2.24. The molecule has 2 rings (SSSR count). The Hall–Kier alpha value is -1.35. The molecule has 0 heterocycles. The van der Waals surface area contributed by atoms with Crippen molar-refractivity contribution in [2.45, 2.75) is 32.2 Å². The minimum absolute atomic E-state index is 0.173. The number of benzene rings is 1. The number of carbonyl (C=O) groups is 1. The molecule has 17 heavy (non-hydrogen) atoms. The van der Waals surface area contributed by atoms with Crippen molar-refractivity contribution in [2.24, 2.45) is 0 Å². The van der Waals surface area contributed by atoms with Crippen molar-refractivity contribution in [1.29, 1.82) is 0 Å². The molecule has 3 heteroatoms. The van der Waals surface area contributed by atoms with Crippen LogP contribution in [0.5, 0.6) is 0 Å². The number of anilines is 1. The van der Waals surface area contributed by atoms with E-state index in [1.165, 1.54) is 12.8 Å². The van der Waals surface area contributed by atoms with Gasteiger partial charge in [0.25, 0.3) is 0 Å². The van der Waals surface area contributed by atoms with Crippen molar-refractivity contribution in [2.75, 3.05) is 18.1 Å². The van der Waals surface area contributed by atoms with Crippen molar-refractivity contribution in [3.63, 3.8) is 0 Å².